The lowest BCUT2D eigenvalue weighted by Crippen LogP contribution is -2.49. The van der Waals surface area contributed by atoms with E-state index in [1.165, 1.54) is 0 Å². The molecule has 224 valence electrons. The molecule has 4 atom stereocenters. The Hall–Kier alpha value is -3.08. The van der Waals surface area contributed by atoms with Gasteiger partial charge in [-0.3, -0.25) is 9.69 Å². The highest BCUT2D eigenvalue weighted by atomic mass is 16.7. The van der Waals surface area contributed by atoms with Crippen LogP contribution in [0.1, 0.15) is 69.9 Å². The summed E-state index contributed by atoms with van der Waals surface area (Å²) in [7, 11) is 1.55. The normalized spacial score (nSPS) is 26.4. The Morgan fingerprint density at radius 1 is 1.17 bits per heavy atom. The van der Waals surface area contributed by atoms with Crippen LogP contribution in [0.5, 0.6) is 11.5 Å². The Bertz CT molecular complexity index is 1230. The molecule has 0 radical (unpaired) electrons. The van der Waals surface area contributed by atoms with Crippen molar-refractivity contribution in [1.82, 2.24) is 4.90 Å². The minimum absolute atomic E-state index is 0.0262. The first-order valence-corrected chi connectivity index (χ1v) is 14.4. The minimum Gasteiger partial charge on any atom is -0.497 e. The molecule has 4 aliphatic rings. The summed E-state index contributed by atoms with van der Waals surface area (Å²) < 4.78 is 28.6. The maximum atomic E-state index is 13.9. The SMILES string of the molecule is C/C=C/COC(=O)CC(O)(CCC(C)(C)O)C(=O)OC1C(OC)=C[C@]23CCCN2CCc2cc4c(cc2[C@H]13)OCO4. The summed E-state index contributed by atoms with van der Waals surface area (Å²) in [4.78, 5) is 29.0. The van der Waals surface area contributed by atoms with Gasteiger partial charge in [-0.2, -0.15) is 0 Å². The molecule has 0 aromatic heterocycles. The van der Waals surface area contributed by atoms with E-state index in [-0.39, 0.29) is 32.2 Å². The van der Waals surface area contributed by atoms with Gasteiger partial charge in [0, 0.05) is 6.54 Å². The van der Waals surface area contributed by atoms with Crippen molar-refractivity contribution in [3.8, 4) is 11.5 Å². The Morgan fingerprint density at radius 2 is 1.93 bits per heavy atom. The maximum absolute atomic E-state index is 13.9. The molecule has 5 rings (SSSR count). The second kappa shape index (κ2) is 11.3. The van der Waals surface area contributed by atoms with Crippen molar-refractivity contribution in [2.24, 2.45) is 0 Å². The van der Waals surface area contributed by atoms with E-state index in [4.69, 9.17) is 23.7 Å². The van der Waals surface area contributed by atoms with Gasteiger partial charge in [0.15, 0.2) is 23.2 Å². The van der Waals surface area contributed by atoms with Crippen molar-refractivity contribution in [3.63, 3.8) is 0 Å². The number of rotatable bonds is 10. The molecular weight excluding hydrogens is 530 g/mol. The lowest BCUT2D eigenvalue weighted by molar-refractivity contribution is -0.179. The van der Waals surface area contributed by atoms with Gasteiger partial charge >= 0.3 is 11.9 Å². The molecule has 41 heavy (non-hydrogen) atoms. The van der Waals surface area contributed by atoms with E-state index in [2.05, 4.69) is 11.0 Å². The van der Waals surface area contributed by atoms with E-state index in [0.29, 0.717) is 17.3 Å². The minimum atomic E-state index is -2.21. The van der Waals surface area contributed by atoms with E-state index in [1.54, 1.807) is 40.0 Å². The second-order valence-corrected chi connectivity index (χ2v) is 12.1. The summed E-state index contributed by atoms with van der Waals surface area (Å²) in [6.07, 6.45) is 6.52. The number of methoxy groups -OCH3 is 1. The smallest absolute Gasteiger partial charge is 0.339 e. The predicted octanol–water partition coefficient (Wildman–Crippen LogP) is 3.14. The number of benzene rings is 1. The van der Waals surface area contributed by atoms with Crippen LogP contribution in [0, 0.1) is 0 Å². The van der Waals surface area contributed by atoms with Crippen LogP contribution < -0.4 is 9.47 Å². The molecule has 1 aromatic carbocycles. The summed E-state index contributed by atoms with van der Waals surface area (Å²) in [6, 6.07) is 4.00. The topological polar surface area (TPSA) is 124 Å². The summed E-state index contributed by atoms with van der Waals surface area (Å²) in [5, 5.41) is 22.0. The summed E-state index contributed by atoms with van der Waals surface area (Å²) in [5.74, 6) is -0.169. The third-order valence-electron chi connectivity index (χ3n) is 8.74. The van der Waals surface area contributed by atoms with E-state index < -0.39 is 41.2 Å². The molecule has 2 N–H and O–H groups in total. The van der Waals surface area contributed by atoms with E-state index in [1.807, 2.05) is 12.1 Å². The van der Waals surface area contributed by atoms with Gasteiger partial charge in [0.2, 0.25) is 6.79 Å². The highest BCUT2D eigenvalue weighted by Crippen LogP contribution is 2.55. The molecule has 1 fully saturated rings. The lowest BCUT2D eigenvalue weighted by Gasteiger charge is -2.39. The number of nitrogens with zero attached hydrogens (tertiary/aromatic N) is 1. The van der Waals surface area contributed by atoms with Crippen LogP contribution in [0.4, 0.5) is 0 Å². The van der Waals surface area contributed by atoms with Crippen molar-refractivity contribution in [1.29, 1.82) is 0 Å². The highest BCUT2D eigenvalue weighted by molar-refractivity contribution is 5.86. The molecule has 1 saturated heterocycles. The van der Waals surface area contributed by atoms with Crippen molar-refractivity contribution in [3.05, 3.63) is 47.2 Å². The number of fused-ring (bicyclic) bond motifs is 3. The van der Waals surface area contributed by atoms with Crippen LogP contribution in [-0.2, 0) is 30.2 Å². The number of hydrogen-bond donors (Lipinski definition) is 2. The van der Waals surface area contributed by atoms with Crippen molar-refractivity contribution in [2.75, 3.05) is 33.6 Å². The molecule has 2 unspecified atom stereocenters. The van der Waals surface area contributed by atoms with Crippen LogP contribution >= 0.6 is 0 Å². The second-order valence-electron chi connectivity index (χ2n) is 12.1. The van der Waals surface area contributed by atoms with Crippen LogP contribution in [0.15, 0.2) is 36.1 Å². The van der Waals surface area contributed by atoms with Gasteiger partial charge in [-0.1, -0.05) is 12.2 Å². The fraction of sp³-hybridized carbons (Fsp3) is 0.613. The summed E-state index contributed by atoms with van der Waals surface area (Å²) in [6.45, 7) is 6.86. The first-order chi connectivity index (χ1) is 19.5. The molecule has 0 bridgehead atoms. The average Bonchev–Trinajstić information content (AvgIpc) is 3.61. The number of carbonyl (C=O) groups is 2. The van der Waals surface area contributed by atoms with Crippen LogP contribution in [0.25, 0.3) is 0 Å². The summed E-state index contributed by atoms with van der Waals surface area (Å²) >= 11 is 0. The van der Waals surface area contributed by atoms with E-state index in [9.17, 15) is 19.8 Å². The Morgan fingerprint density at radius 3 is 2.63 bits per heavy atom. The standard InChI is InChI=1S/C31H41NO9/c1-5-6-14-38-25(33)18-31(36,11-10-29(2,3)35)28(34)41-27-24(37-4)17-30-9-7-12-32(30)13-8-20-15-22-23(40-19-39-22)16-21(20)26(27)30/h5-6,15-17,26-27,35-36H,7-14,18-19H2,1-4H3/b6-5+/t26-,27?,30+,31?/m1/s1. The monoisotopic (exact) mass is 571 g/mol. The zero-order valence-electron chi connectivity index (χ0n) is 24.3. The first-order valence-electron chi connectivity index (χ1n) is 14.4. The fourth-order valence-corrected chi connectivity index (χ4v) is 6.62. The lowest BCUT2D eigenvalue weighted by atomic mass is 9.77. The maximum Gasteiger partial charge on any atom is 0.339 e. The molecule has 3 aliphatic heterocycles. The van der Waals surface area contributed by atoms with Gasteiger partial charge < -0.3 is 33.9 Å². The number of allylic oxidation sites excluding steroid dienone is 1. The quantitative estimate of drug-likeness (QED) is 0.320. The zero-order valence-corrected chi connectivity index (χ0v) is 24.3. The third-order valence-corrected chi connectivity index (χ3v) is 8.74. The van der Waals surface area contributed by atoms with Gasteiger partial charge in [0.25, 0.3) is 0 Å². The molecule has 10 nitrogen and oxygen atoms in total. The molecule has 0 amide bonds. The van der Waals surface area contributed by atoms with Crippen LogP contribution in [0.3, 0.4) is 0 Å². The van der Waals surface area contributed by atoms with Crippen molar-refractivity contribution >= 4 is 11.9 Å². The van der Waals surface area contributed by atoms with Gasteiger partial charge in [-0.25, -0.2) is 4.79 Å². The summed E-state index contributed by atoms with van der Waals surface area (Å²) in [5.41, 5.74) is -1.74. The number of ether oxygens (including phenoxy) is 5. The molecule has 10 heteroatoms. The van der Waals surface area contributed by atoms with E-state index in [0.717, 1.165) is 43.5 Å². The molecule has 1 aliphatic carbocycles. The molecule has 1 aromatic rings. The first kappa shape index (κ1) is 29.4. The Labute approximate surface area is 240 Å². The largest absolute Gasteiger partial charge is 0.497 e. The average molecular weight is 572 g/mol. The molecule has 3 heterocycles. The fourth-order valence-electron chi connectivity index (χ4n) is 6.62. The number of carbonyl (C=O) groups excluding carboxylic acids is 2. The number of hydrogen-bond acceptors (Lipinski definition) is 10. The van der Waals surface area contributed by atoms with Crippen LogP contribution in [0.2, 0.25) is 0 Å². The zero-order chi connectivity index (χ0) is 29.4. The van der Waals surface area contributed by atoms with Crippen molar-refractivity contribution < 1.29 is 43.5 Å². The van der Waals surface area contributed by atoms with E-state index >= 15 is 0 Å². The van der Waals surface area contributed by atoms with Crippen molar-refractivity contribution in [2.45, 2.75) is 88.1 Å². The number of esters is 2. The molecule has 0 saturated carbocycles. The molecule has 1 spiro atoms. The van der Waals surface area contributed by atoms with Gasteiger partial charge in [0.05, 0.1) is 30.6 Å². The third kappa shape index (κ3) is 5.69. The Kier molecular flexibility index (Phi) is 8.11. The van der Waals surface area contributed by atoms with Crippen LogP contribution in [-0.4, -0.2) is 83.5 Å². The Balaban J connectivity index is 1.49. The van der Waals surface area contributed by atoms with Gasteiger partial charge in [-0.05, 0) is 88.8 Å². The predicted molar refractivity (Wildman–Crippen MR) is 148 cm³/mol. The highest BCUT2D eigenvalue weighted by Gasteiger charge is 2.59. The number of aliphatic hydroxyl groups is 2. The van der Waals surface area contributed by atoms with Gasteiger partial charge in [0.1, 0.15) is 12.4 Å². The molecular formula is C31H41NO9. The van der Waals surface area contributed by atoms with Gasteiger partial charge in [-0.15, -0.1) is 0 Å².